The van der Waals surface area contributed by atoms with E-state index in [2.05, 4.69) is 41.4 Å². The average molecular weight is 262 g/mol. The Balaban J connectivity index is 1.71. The van der Waals surface area contributed by atoms with Crippen molar-refractivity contribution in [1.82, 2.24) is 10.2 Å². The second-order valence-corrected chi connectivity index (χ2v) is 5.19. The number of hydrogen-bond acceptors (Lipinski definition) is 3. The lowest BCUT2D eigenvalue weighted by Crippen LogP contribution is -2.44. The van der Waals surface area contributed by atoms with E-state index < -0.39 is 0 Å². The maximum Gasteiger partial charge on any atom is 0.119 e. The molecule has 1 fully saturated rings. The first-order chi connectivity index (χ1) is 9.38. The third kappa shape index (κ3) is 5.21. The van der Waals surface area contributed by atoms with Crippen molar-refractivity contribution in [2.24, 2.45) is 0 Å². The molecular weight excluding hydrogens is 236 g/mol. The first-order valence-corrected chi connectivity index (χ1v) is 7.53. The highest BCUT2D eigenvalue weighted by molar-refractivity contribution is 5.27. The molecule has 0 amide bonds. The molecule has 0 aliphatic carbocycles. The van der Waals surface area contributed by atoms with Crippen LogP contribution in [0.15, 0.2) is 24.3 Å². The van der Waals surface area contributed by atoms with Crippen molar-refractivity contribution < 1.29 is 4.74 Å². The lowest BCUT2D eigenvalue weighted by molar-refractivity contribution is 0.244. The molecule has 1 N–H and O–H groups in total. The van der Waals surface area contributed by atoms with Gasteiger partial charge in [-0.3, -0.25) is 0 Å². The molecule has 1 aromatic carbocycles. The number of piperazine rings is 1. The highest BCUT2D eigenvalue weighted by atomic mass is 16.5. The third-order valence-corrected chi connectivity index (χ3v) is 3.62. The number of nitrogens with one attached hydrogen (secondary N) is 1. The number of hydrogen-bond donors (Lipinski definition) is 1. The fourth-order valence-corrected chi connectivity index (χ4v) is 2.31. The number of rotatable bonds is 7. The standard InChI is InChI=1S/C16H26N2O/c1-2-3-14-19-16-6-4-15(5-7-16)8-11-18-12-9-17-10-13-18/h4-7,17H,2-3,8-14H2,1H3. The van der Waals surface area contributed by atoms with Gasteiger partial charge in [0.05, 0.1) is 6.61 Å². The van der Waals surface area contributed by atoms with E-state index in [0.29, 0.717) is 0 Å². The lowest BCUT2D eigenvalue weighted by Gasteiger charge is -2.27. The van der Waals surface area contributed by atoms with Gasteiger partial charge in [-0.25, -0.2) is 0 Å². The van der Waals surface area contributed by atoms with Gasteiger partial charge in [-0.2, -0.15) is 0 Å². The van der Waals surface area contributed by atoms with E-state index in [0.717, 1.165) is 44.8 Å². The summed E-state index contributed by atoms with van der Waals surface area (Å²) in [6.07, 6.45) is 3.45. The van der Waals surface area contributed by atoms with Crippen molar-refractivity contribution in [3.63, 3.8) is 0 Å². The molecule has 0 saturated carbocycles. The molecule has 1 saturated heterocycles. The van der Waals surface area contributed by atoms with E-state index in [4.69, 9.17) is 4.74 Å². The molecule has 0 radical (unpaired) electrons. The summed E-state index contributed by atoms with van der Waals surface area (Å²) < 4.78 is 5.68. The zero-order valence-corrected chi connectivity index (χ0v) is 12.0. The summed E-state index contributed by atoms with van der Waals surface area (Å²) in [5.41, 5.74) is 1.40. The molecule has 1 aromatic rings. The van der Waals surface area contributed by atoms with Gasteiger partial charge in [-0.05, 0) is 30.5 Å². The van der Waals surface area contributed by atoms with Crippen LogP contribution < -0.4 is 10.1 Å². The molecule has 0 spiro atoms. The highest BCUT2D eigenvalue weighted by Crippen LogP contribution is 2.13. The summed E-state index contributed by atoms with van der Waals surface area (Å²) >= 11 is 0. The van der Waals surface area contributed by atoms with E-state index in [1.165, 1.54) is 25.1 Å². The Morgan fingerprint density at radius 1 is 1.16 bits per heavy atom. The fraction of sp³-hybridized carbons (Fsp3) is 0.625. The molecule has 0 unspecified atom stereocenters. The van der Waals surface area contributed by atoms with Crippen molar-refractivity contribution in [2.75, 3.05) is 39.3 Å². The van der Waals surface area contributed by atoms with Crippen LogP contribution in [-0.2, 0) is 6.42 Å². The quantitative estimate of drug-likeness (QED) is 0.763. The minimum atomic E-state index is 0.830. The van der Waals surface area contributed by atoms with Gasteiger partial charge in [0, 0.05) is 32.7 Å². The summed E-state index contributed by atoms with van der Waals surface area (Å²) in [4.78, 5) is 2.53. The van der Waals surface area contributed by atoms with E-state index in [1.54, 1.807) is 0 Å². The monoisotopic (exact) mass is 262 g/mol. The lowest BCUT2D eigenvalue weighted by atomic mass is 10.1. The number of ether oxygens (including phenoxy) is 1. The molecule has 19 heavy (non-hydrogen) atoms. The van der Waals surface area contributed by atoms with Gasteiger partial charge >= 0.3 is 0 Å². The minimum absolute atomic E-state index is 0.830. The van der Waals surface area contributed by atoms with Crippen molar-refractivity contribution in [3.8, 4) is 5.75 Å². The second kappa shape index (κ2) is 8.18. The van der Waals surface area contributed by atoms with Crippen LogP contribution in [-0.4, -0.2) is 44.2 Å². The highest BCUT2D eigenvalue weighted by Gasteiger charge is 2.08. The molecule has 1 heterocycles. The normalized spacial score (nSPS) is 16.5. The van der Waals surface area contributed by atoms with Crippen molar-refractivity contribution in [3.05, 3.63) is 29.8 Å². The zero-order valence-electron chi connectivity index (χ0n) is 12.0. The number of benzene rings is 1. The van der Waals surface area contributed by atoms with Crippen LogP contribution in [0.4, 0.5) is 0 Å². The summed E-state index contributed by atoms with van der Waals surface area (Å²) in [5.74, 6) is 0.999. The maximum absolute atomic E-state index is 5.68. The van der Waals surface area contributed by atoms with Crippen LogP contribution in [0, 0.1) is 0 Å². The Morgan fingerprint density at radius 3 is 2.58 bits per heavy atom. The van der Waals surface area contributed by atoms with E-state index in [1.807, 2.05) is 0 Å². The van der Waals surface area contributed by atoms with Crippen LogP contribution in [0.1, 0.15) is 25.3 Å². The van der Waals surface area contributed by atoms with Crippen LogP contribution in [0.3, 0.4) is 0 Å². The smallest absolute Gasteiger partial charge is 0.119 e. The minimum Gasteiger partial charge on any atom is -0.494 e. The Bertz CT molecular complexity index is 344. The zero-order chi connectivity index (χ0) is 13.3. The van der Waals surface area contributed by atoms with Gasteiger partial charge in [-0.1, -0.05) is 25.5 Å². The molecule has 1 aliphatic heterocycles. The summed E-state index contributed by atoms with van der Waals surface area (Å²) in [5, 5.41) is 3.39. The molecular formula is C16H26N2O. The molecule has 0 bridgehead atoms. The first kappa shape index (κ1) is 14.4. The predicted molar refractivity (Wildman–Crippen MR) is 79.9 cm³/mol. The van der Waals surface area contributed by atoms with Gasteiger partial charge in [-0.15, -0.1) is 0 Å². The van der Waals surface area contributed by atoms with Crippen molar-refractivity contribution >= 4 is 0 Å². The van der Waals surface area contributed by atoms with Gasteiger partial charge in [0.25, 0.3) is 0 Å². The van der Waals surface area contributed by atoms with Gasteiger partial charge < -0.3 is 15.0 Å². The Kier molecular flexibility index (Phi) is 6.18. The Hall–Kier alpha value is -1.06. The van der Waals surface area contributed by atoms with Crippen LogP contribution in [0.2, 0.25) is 0 Å². The van der Waals surface area contributed by atoms with Gasteiger partial charge in [0.1, 0.15) is 5.75 Å². The number of nitrogens with zero attached hydrogens (tertiary/aromatic N) is 1. The molecule has 2 rings (SSSR count). The molecule has 1 aliphatic rings. The van der Waals surface area contributed by atoms with Crippen molar-refractivity contribution in [1.29, 1.82) is 0 Å². The van der Waals surface area contributed by atoms with Gasteiger partial charge in [0.15, 0.2) is 0 Å². The molecule has 0 aromatic heterocycles. The predicted octanol–water partition coefficient (Wildman–Crippen LogP) is 2.31. The Labute approximate surface area is 116 Å². The average Bonchev–Trinajstić information content (AvgIpc) is 2.48. The molecule has 3 nitrogen and oxygen atoms in total. The van der Waals surface area contributed by atoms with E-state index in [9.17, 15) is 0 Å². The second-order valence-electron chi connectivity index (χ2n) is 5.19. The molecule has 3 heteroatoms. The number of unbranched alkanes of at least 4 members (excludes halogenated alkanes) is 1. The summed E-state index contributed by atoms with van der Waals surface area (Å²) in [6.45, 7) is 8.79. The van der Waals surface area contributed by atoms with Crippen LogP contribution in [0.25, 0.3) is 0 Å². The SMILES string of the molecule is CCCCOc1ccc(CCN2CCNCC2)cc1. The maximum atomic E-state index is 5.68. The molecule has 106 valence electrons. The first-order valence-electron chi connectivity index (χ1n) is 7.53. The Morgan fingerprint density at radius 2 is 1.89 bits per heavy atom. The van der Waals surface area contributed by atoms with Gasteiger partial charge in [0.2, 0.25) is 0 Å². The van der Waals surface area contributed by atoms with E-state index >= 15 is 0 Å². The largest absolute Gasteiger partial charge is 0.494 e. The van der Waals surface area contributed by atoms with E-state index in [-0.39, 0.29) is 0 Å². The van der Waals surface area contributed by atoms with Crippen LogP contribution in [0.5, 0.6) is 5.75 Å². The van der Waals surface area contributed by atoms with Crippen LogP contribution >= 0.6 is 0 Å². The van der Waals surface area contributed by atoms with Crippen molar-refractivity contribution in [2.45, 2.75) is 26.2 Å². The fourth-order valence-electron chi connectivity index (χ4n) is 2.31. The molecule has 0 atom stereocenters. The third-order valence-electron chi connectivity index (χ3n) is 3.62. The summed E-state index contributed by atoms with van der Waals surface area (Å²) in [7, 11) is 0. The summed E-state index contributed by atoms with van der Waals surface area (Å²) in [6, 6.07) is 8.60. The topological polar surface area (TPSA) is 24.5 Å².